The van der Waals surface area contributed by atoms with Crippen LogP contribution < -0.4 is 18.9 Å². The van der Waals surface area contributed by atoms with Crippen LogP contribution in [0, 0.1) is 0 Å². The van der Waals surface area contributed by atoms with Crippen LogP contribution in [0.3, 0.4) is 0 Å². The van der Waals surface area contributed by atoms with Crippen LogP contribution in [0.4, 0.5) is 79.0 Å². The molecule has 0 fully saturated rings. The van der Waals surface area contributed by atoms with Gasteiger partial charge in [-0.1, -0.05) is 0 Å². The van der Waals surface area contributed by atoms with Crippen molar-refractivity contribution in [2.45, 2.75) is 47.9 Å². The Bertz CT molecular complexity index is 474. The second kappa shape index (κ2) is 6.70. The van der Waals surface area contributed by atoms with E-state index in [0.29, 0.717) is 0 Å². The smallest absolute Gasteiger partial charge is 0.192 e. The van der Waals surface area contributed by atoms with Crippen LogP contribution in [-0.2, 0) is 0 Å². The van der Waals surface area contributed by atoms with Crippen molar-refractivity contribution < 1.29 is 97.9 Å². The normalized spacial score (nSPS) is 16.2. The average molecular weight is 445 g/mol. The van der Waals surface area contributed by atoms with Gasteiger partial charge in [0.05, 0.1) is 0 Å². The first-order valence-corrected chi connectivity index (χ1v) is 5.15. The average Bonchev–Trinajstić information content (AvgIpc) is 2.34. The minimum Gasteiger partial charge on any atom is -0.192 e. The largest absolute Gasteiger partial charge is 1.00 e. The van der Waals surface area contributed by atoms with E-state index < -0.39 is 47.9 Å². The van der Waals surface area contributed by atoms with E-state index in [9.17, 15) is 79.0 Å². The quantitative estimate of drug-likeness (QED) is 0.452. The molecule has 0 aliphatic rings. The van der Waals surface area contributed by atoms with Crippen molar-refractivity contribution in [3.63, 3.8) is 0 Å². The Balaban J connectivity index is 0. The van der Waals surface area contributed by atoms with Gasteiger partial charge in [-0.25, -0.2) is 0 Å². The minimum absolute atomic E-state index is 0. The Morgan fingerprint density at radius 2 is 0.333 bits per heavy atom. The van der Waals surface area contributed by atoms with Crippen LogP contribution in [0.15, 0.2) is 0 Å². The predicted octanol–water partition coefficient (Wildman–Crippen LogP) is 2.93. The topological polar surface area (TPSA) is 0 Å². The van der Waals surface area contributed by atoms with Gasteiger partial charge in [-0.05, 0) is 0 Å². The van der Waals surface area contributed by atoms with Crippen molar-refractivity contribution >= 4 is 0 Å². The summed E-state index contributed by atoms with van der Waals surface area (Å²) in [5, 5.41) is 0. The van der Waals surface area contributed by atoms with Crippen LogP contribution in [0.2, 0.25) is 0 Å². The zero-order valence-electron chi connectivity index (χ0n) is 11.8. The van der Waals surface area contributed by atoms with Gasteiger partial charge >= 0.3 is 66.7 Å². The maximum absolute atomic E-state index is 12.8. The second-order valence-electron chi connectivity index (χ2n) is 4.44. The first-order valence-electron chi connectivity index (χ1n) is 5.15. The van der Waals surface area contributed by atoms with Gasteiger partial charge in [-0.3, -0.25) is 0 Å². The molecule has 0 amide bonds. The predicted molar refractivity (Wildman–Crippen MR) is 41.8 cm³/mol. The number of rotatable bonds is 5. The van der Waals surface area contributed by atoms with E-state index in [2.05, 4.69) is 0 Å². The fourth-order valence-electron chi connectivity index (χ4n) is 1.14. The maximum atomic E-state index is 12.8. The third kappa shape index (κ3) is 3.55. The molecule has 19 heteroatoms. The second-order valence-corrected chi connectivity index (χ2v) is 4.44. The molecule has 0 atom stereocenters. The van der Waals surface area contributed by atoms with Crippen LogP contribution in [0.25, 0.3) is 0 Å². The van der Waals surface area contributed by atoms with Gasteiger partial charge in [-0.2, -0.15) is 79.0 Å². The van der Waals surface area contributed by atoms with Gasteiger partial charge in [-0.15, -0.1) is 0 Å². The SMILES string of the molecule is FC(F)(F)C(F)(F)C(F)(F)C(F)(F)C(F)(F)C(F)(F)C(F)(F)C(F)(F)F.[Li+]. The van der Waals surface area contributed by atoms with Crippen molar-refractivity contribution in [3.8, 4) is 0 Å². The summed E-state index contributed by atoms with van der Waals surface area (Å²) in [5.74, 6) is -51.0. The Kier molecular flexibility index (Phi) is 7.08. The third-order valence-corrected chi connectivity index (χ3v) is 2.68. The molecule has 0 aromatic heterocycles. The molecule has 0 spiro atoms. The van der Waals surface area contributed by atoms with Crippen molar-refractivity contribution in [3.05, 3.63) is 0 Å². The van der Waals surface area contributed by atoms with E-state index in [-0.39, 0.29) is 18.9 Å². The number of hydrogen-bond acceptors (Lipinski definition) is 0. The van der Waals surface area contributed by atoms with Gasteiger partial charge < -0.3 is 0 Å². The molecule has 0 nitrogen and oxygen atoms in total. The summed E-state index contributed by atoms with van der Waals surface area (Å²) in [7, 11) is 0. The molecule has 0 bridgehead atoms. The fraction of sp³-hybridized carbons (Fsp3) is 1.00. The van der Waals surface area contributed by atoms with E-state index >= 15 is 0 Å². The summed E-state index contributed by atoms with van der Waals surface area (Å²) >= 11 is 0. The van der Waals surface area contributed by atoms with Gasteiger partial charge in [0.2, 0.25) is 0 Å². The Labute approximate surface area is 147 Å². The molecule has 0 unspecified atom stereocenters. The number of hydrogen-bond donors (Lipinski definition) is 0. The van der Waals surface area contributed by atoms with Crippen LogP contribution >= 0.6 is 0 Å². The maximum Gasteiger partial charge on any atom is 1.00 e. The first-order chi connectivity index (χ1) is 10.8. The van der Waals surface area contributed by atoms with E-state index in [1.165, 1.54) is 0 Å². The van der Waals surface area contributed by atoms with E-state index in [1.807, 2.05) is 0 Å². The van der Waals surface area contributed by atoms with Gasteiger partial charge in [0.1, 0.15) is 0 Å². The molecule has 0 aromatic rings. The van der Waals surface area contributed by atoms with Crippen molar-refractivity contribution in [1.82, 2.24) is 0 Å². The summed E-state index contributed by atoms with van der Waals surface area (Å²) in [6.07, 6.45) is -15.6. The summed E-state index contributed by atoms with van der Waals surface area (Å²) < 4.78 is 221. The standard InChI is InChI=1S/C8F18.Li/c9-1(10,3(13,14)5(17,18)7(21,22)23)2(11,12)4(15,16)6(19,20)8(24,25)26;/q;+1. The molecule has 158 valence electrons. The molecular weight excluding hydrogens is 445 g/mol. The molecule has 0 saturated carbocycles. The molecule has 0 aliphatic carbocycles. The van der Waals surface area contributed by atoms with Gasteiger partial charge in [0.15, 0.2) is 0 Å². The summed E-state index contributed by atoms with van der Waals surface area (Å²) in [5.41, 5.74) is 0. The zero-order chi connectivity index (χ0) is 22.0. The van der Waals surface area contributed by atoms with E-state index in [1.54, 1.807) is 0 Å². The molecule has 0 heterocycles. The van der Waals surface area contributed by atoms with Crippen molar-refractivity contribution in [1.29, 1.82) is 0 Å². The van der Waals surface area contributed by atoms with Crippen LogP contribution in [0.1, 0.15) is 0 Å². The molecule has 0 rings (SSSR count). The molecule has 0 N–H and O–H groups in total. The number of halogens is 18. The fourth-order valence-corrected chi connectivity index (χ4v) is 1.14. The van der Waals surface area contributed by atoms with Gasteiger partial charge in [0.25, 0.3) is 0 Å². The van der Waals surface area contributed by atoms with Crippen LogP contribution in [-0.4, -0.2) is 47.9 Å². The molecule has 0 saturated heterocycles. The van der Waals surface area contributed by atoms with E-state index in [0.717, 1.165) is 0 Å². The summed E-state index contributed by atoms with van der Waals surface area (Å²) in [4.78, 5) is 0. The third-order valence-electron chi connectivity index (χ3n) is 2.68. The Morgan fingerprint density at radius 1 is 0.222 bits per heavy atom. The molecule has 0 aromatic carbocycles. The van der Waals surface area contributed by atoms with Crippen molar-refractivity contribution in [2.24, 2.45) is 0 Å². The Hall–Kier alpha value is -0.663. The van der Waals surface area contributed by atoms with Crippen molar-refractivity contribution in [2.75, 3.05) is 0 Å². The first kappa shape index (κ1) is 28.5. The molecular formula is C8F18Li+. The molecule has 0 aliphatic heterocycles. The van der Waals surface area contributed by atoms with Crippen LogP contribution in [0.5, 0.6) is 0 Å². The summed E-state index contributed by atoms with van der Waals surface area (Å²) in [6.45, 7) is 0. The molecule has 0 radical (unpaired) electrons. The minimum atomic E-state index is -8.72. The summed E-state index contributed by atoms with van der Waals surface area (Å²) in [6, 6.07) is 0. The van der Waals surface area contributed by atoms with E-state index in [4.69, 9.17) is 0 Å². The number of alkyl halides is 18. The zero-order valence-corrected chi connectivity index (χ0v) is 11.8. The Morgan fingerprint density at radius 3 is 0.444 bits per heavy atom. The van der Waals surface area contributed by atoms with Gasteiger partial charge in [0, 0.05) is 0 Å². The molecule has 27 heavy (non-hydrogen) atoms. The monoisotopic (exact) mass is 445 g/mol.